The molecule has 0 aliphatic rings. The summed E-state index contributed by atoms with van der Waals surface area (Å²) < 4.78 is 0. The van der Waals surface area contributed by atoms with Crippen LogP contribution >= 0.6 is 0 Å². The van der Waals surface area contributed by atoms with Crippen LogP contribution in [0.4, 0.5) is 5.69 Å². The van der Waals surface area contributed by atoms with Crippen molar-refractivity contribution in [2.45, 2.75) is 60.8 Å². The SMILES string of the molecule is C=C(Cc1ccccc1)C(=C(C)C)C(/C(C(=C)C)=C(C)/C(C)=C\C)c1ccc(C)cc1N. The molecule has 1 heteroatoms. The summed E-state index contributed by atoms with van der Waals surface area (Å²) >= 11 is 0. The average molecular weight is 426 g/mol. The summed E-state index contributed by atoms with van der Waals surface area (Å²) in [7, 11) is 0. The van der Waals surface area contributed by atoms with Crippen LogP contribution in [0.25, 0.3) is 0 Å². The first-order valence-electron chi connectivity index (χ1n) is 11.3. The Balaban J connectivity index is 2.82. The summed E-state index contributed by atoms with van der Waals surface area (Å²) in [5.41, 5.74) is 19.4. The summed E-state index contributed by atoms with van der Waals surface area (Å²) in [4.78, 5) is 0. The van der Waals surface area contributed by atoms with Gasteiger partial charge in [0, 0.05) is 11.6 Å². The Labute approximate surface area is 195 Å². The van der Waals surface area contributed by atoms with Crippen LogP contribution < -0.4 is 5.73 Å². The third-order valence-electron chi connectivity index (χ3n) is 6.20. The highest BCUT2D eigenvalue weighted by atomic mass is 14.6. The van der Waals surface area contributed by atoms with Crippen molar-refractivity contribution in [2.24, 2.45) is 0 Å². The van der Waals surface area contributed by atoms with Gasteiger partial charge in [0.05, 0.1) is 0 Å². The second kappa shape index (κ2) is 11.0. The first kappa shape index (κ1) is 25.2. The lowest BCUT2D eigenvalue weighted by atomic mass is 9.73. The number of allylic oxidation sites excluding steroid dienone is 8. The molecule has 168 valence electrons. The van der Waals surface area contributed by atoms with Gasteiger partial charge in [-0.3, -0.25) is 0 Å². The maximum Gasteiger partial charge on any atom is 0.0367 e. The number of nitrogens with two attached hydrogens (primary N) is 1. The lowest BCUT2D eigenvalue weighted by Gasteiger charge is -2.31. The first-order valence-corrected chi connectivity index (χ1v) is 11.3. The molecule has 1 atom stereocenters. The zero-order valence-corrected chi connectivity index (χ0v) is 21.0. The van der Waals surface area contributed by atoms with Crippen LogP contribution in [-0.4, -0.2) is 0 Å². The van der Waals surface area contributed by atoms with E-state index in [1.54, 1.807) is 0 Å². The molecule has 0 amide bonds. The van der Waals surface area contributed by atoms with Crippen LogP contribution in [0.15, 0.2) is 107 Å². The van der Waals surface area contributed by atoms with Crippen LogP contribution in [0.5, 0.6) is 0 Å². The predicted molar refractivity (Wildman–Crippen MR) is 143 cm³/mol. The minimum atomic E-state index is -0.0239. The van der Waals surface area contributed by atoms with E-state index in [0.29, 0.717) is 0 Å². The van der Waals surface area contributed by atoms with Gasteiger partial charge in [-0.2, -0.15) is 0 Å². The molecule has 0 saturated heterocycles. The van der Waals surface area contributed by atoms with Gasteiger partial charge >= 0.3 is 0 Å². The number of hydrogen-bond acceptors (Lipinski definition) is 1. The molecule has 0 aromatic heterocycles. The molecule has 0 aliphatic carbocycles. The van der Waals surface area contributed by atoms with Crippen molar-refractivity contribution in [3.8, 4) is 0 Å². The van der Waals surface area contributed by atoms with Gasteiger partial charge in [0.2, 0.25) is 0 Å². The highest BCUT2D eigenvalue weighted by molar-refractivity contribution is 5.63. The van der Waals surface area contributed by atoms with Gasteiger partial charge in [-0.15, -0.1) is 0 Å². The Hall–Kier alpha value is -3.06. The summed E-state index contributed by atoms with van der Waals surface area (Å²) in [6.07, 6.45) is 2.96. The molecule has 1 nitrogen and oxygen atoms in total. The molecule has 2 aromatic carbocycles. The fourth-order valence-corrected chi connectivity index (χ4v) is 4.41. The van der Waals surface area contributed by atoms with E-state index in [2.05, 4.69) is 116 Å². The number of aryl methyl sites for hydroxylation is 1. The van der Waals surface area contributed by atoms with Crippen LogP contribution in [0.2, 0.25) is 0 Å². The molecule has 0 aliphatic heterocycles. The molecular formula is C31H39N. The van der Waals surface area contributed by atoms with Gasteiger partial charge < -0.3 is 5.73 Å². The summed E-state index contributed by atoms with van der Waals surface area (Å²) in [6.45, 7) is 23.9. The zero-order chi connectivity index (χ0) is 24.0. The molecule has 2 N–H and O–H groups in total. The number of anilines is 1. The largest absolute Gasteiger partial charge is 0.398 e. The van der Waals surface area contributed by atoms with E-state index in [9.17, 15) is 0 Å². The smallest absolute Gasteiger partial charge is 0.0367 e. The Kier molecular flexibility index (Phi) is 8.66. The van der Waals surface area contributed by atoms with E-state index in [1.165, 1.54) is 33.4 Å². The van der Waals surface area contributed by atoms with Crippen LogP contribution in [-0.2, 0) is 6.42 Å². The van der Waals surface area contributed by atoms with Gasteiger partial charge in [-0.1, -0.05) is 78.4 Å². The molecule has 1 unspecified atom stereocenters. The van der Waals surface area contributed by atoms with Crippen molar-refractivity contribution < 1.29 is 0 Å². The topological polar surface area (TPSA) is 26.0 Å². The Morgan fingerprint density at radius 3 is 2.06 bits per heavy atom. The van der Waals surface area contributed by atoms with Gasteiger partial charge in [0.15, 0.2) is 0 Å². The quantitative estimate of drug-likeness (QED) is 0.332. The number of hydrogen-bond donors (Lipinski definition) is 1. The molecule has 2 aromatic rings. The van der Waals surface area contributed by atoms with Gasteiger partial charge in [-0.25, -0.2) is 0 Å². The standard InChI is InChI=1S/C31H39N/c1-10-23(7)25(9)30(21(4)5)31(27-17-16-22(6)18-28(27)32)29(20(2)3)24(8)19-26-14-12-11-13-15-26/h10-18,31H,4,8,19,32H2,1-3,5-7,9H3/b23-10-,30-25+. The van der Waals surface area contributed by atoms with Crippen molar-refractivity contribution in [3.63, 3.8) is 0 Å². The molecule has 2 rings (SSSR count). The molecule has 0 fully saturated rings. The molecule has 32 heavy (non-hydrogen) atoms. The lowest BCUT2D eigenvalue weighted by Crippen LogP contribution is -2.15. The maximum atomic E-state index is 6.64. The second-order valence-corrected chi connectivity index (χ2v) is 9.04. The van der Waals surface area contributed by atoms with Crippen LogP contribution in [0, 0.1) is 6.92 Å². The molecule has 0 bridgehead atoms. The minimum Gasteiger partial charge on any atom is -0.398 e. The normalized spacial score (nSPS) is 13.3. The minimum absolute atomic E-state index is 0.0239. The number of benzene rings is 2. The third-order valence-corrected chi connectivity index (χ3v) is 6.20. The predicted octanol–water partition coefficient (Wildman–Crippen LogP) is 8.65. The number of nitrogen functional groups attached to an aromatic ring is 1. The molecule has 0 heterocycles. The van der Waals surface area contributed by atoms with Crippen molar-refractivity contribution in [2.75, 3.05) is 5.73 Å². The van der Waals surface area contributed by atoms with E-state index in [-0.39, 0.29) is 5.92 Å². The fourth-order valence-electron chi connectivity index (χ4n) is 4.41. The van der Waals surface area contributed by atoms with Gasteiger partial charge in [0.1, 0.15) is 0 Å². The van der Waals surface area contributed by atoms with Gasteiger partial charge in [0.25, 0.3) is 0 Å². The number of rotatable bonds is 8. The van der Waals surface area contributed by atoms with E-state index in [4.69, 9.17) is 5.73 Å². The average Bonchev–Trinajstić information content (AvgIpc) is 2.72. The van der Waals surface area contributed by atoms with E-state index in [0.717, 1.165) is 34.4 Å². The Morgan fingerprint density at radius 2 is 1.56 bits per heavy atom. The summed E-state index contributed by atoms with van der Waals surface area (Å²) in [5, 5.41) is 0. The van der Waals surface area contributed by atoms with Crippen LogP contribution in [0.3, 0.4) is 0 Å². The Morgan fingerprint density at radius 1 is 0.938 bits per heavy atom. The Bertz CT molecular complexity index is 1090. The van der Waals surface area contributed by atoms with E-state index in [1.807, 2.05) is 0 Å². The van der Waals surface area contributed by atoms with Crippen molar-refractivity contribution in [1.82, 2.24) is 0 Å². The van der Waals surface area contributed by atoms with Gasteiger partial charge in [-0.05, 0) is 99.9 Å². The third kappa shape index (κ3) is 5.79. The summed E-state index contributed by atoms with van der Waals surface area (Å²) in [5.74, 6) is -0.0239. The highest BCUT2D eigenvalue weighted by Crippen LogP contribution is 2.45. The monoisotopic (exact) mass is 425 g/mol. The summed E-state index contributed by atoms with van der Waals surface area (Å²) in [6, 6.07) is 16.9. The van der Waals surface area contributed by atoms with Crippen molar-refractivity contribution >= 4 is 5.69 Å². The zero-order valence-electron chi connectivity index (χ0n) is 21.0. The second-order valence-electron chi connectivity index (χ2n) is 9.04. The molecule has 0 spiro atoms. The van der Waals surface area contributed by atoms with Crippen molar-refractivity contribution in [3.05, 3.63) is 123 Å². The fraction of sp³-hybridized carbons (Fsp3) is 0.290. The molecule has 0 saturated carbocycles. The highest BCUT2D eigenvalue weighted by Gasteiger charge is 2.28. The maximum absolute atomic E-state index is 6.64. The lowest BCUT2D eigenvalue weighted by molar-refractivity contribution is 0.888. The van der Waals surface area contributed by atoms with E-state index < -0.39 is 0 Å². The van der Waals surface area contributed by atoms with Crippen LogP contribution in [0.1, 0.15) is 64.2 Å². The first-order chi connectivity index (χ1) is 15.1. The van der Waals surface area contributed by atoms with Crippen molar-refractivity contribution in [1.29, 1.82) is 0 Å². The molecular weight excluding hydrogens is 386 g/mol. The van der Waals surface area contributed by atoms with E-state index >= 15 is 0 Å². The molecule has 0 radical (unpaired) electrons.